The molecule has 98 valence electrons. The number of anilines is 1. The van der Waals surface area contributed by atoms with E-state index in [0.29, 0.717) is 12.4 Å². The average molecular weight is 258 g/mol. The highest BCUT2D eigenvalue weighted by Crippen LogP contribution is 2.25. The van der Waals surface area contributed by atoms with Crippen LogP contribution in [0.3, 0.4) is 0 Å². The molecule has 5 heteroatoms. The van der Waals surface area contributed by atoms with E-state index in [2.05, 4.69) is 10.3 Å². The van der Waals surface area contributed by atoms with Gasteiger partial charge < -0.3 is 14.8 Å². The highest BCUT2D eigenvalue weighted by molar-refractivity contribution is 5.93. The molecule has 2 aromatic heterocycles. The largest absolute Gasteiger partial charge is 0.478 e. The summed E-state index contributed by atoms with van der Waals surface area (Å²) in [4.78, 5) is 15.7. The third-order valence-corrected chi connectivity index (χ3v) is 3.29. The van der Waals surface area contributed by atoms with Gasteiger partial charge in [0, 0.05) is 5.69 Å². The van der Waals surface area contributed by atoms with E-state index >= 15 is 0 Å². The predicted octanol–water partition coefficient (Wildman–Crippen LogP) is 2.47. The number of rotatable bonds is 4. The summed E-state index contributed by atoms with van der Waals surface area (Å²) in [5.41, 5.74) is 2.29. The fraction of sp³-hybridized carbons (Fsp3) is 0.286. The number of nitrogens with zero attached hydrogens (tertiary/aromatic N) is 1. The summed E-state index contributed by atoms with van der Waals surface area (Å²) >= 11 is 0. The van der Waals surface area contributed by atoms with Crippen LogP contribution in [-0.2, 0) is 19.4 Å². The van der Waals surface area contributed by atoms with Crippen LogP contribution in [0.1, 0.15) is 33.8 Å². The number of pyridine rings is 1. The first-order chi connectivity index (χ1) is 9.24. The fourth-order valence-electron chi connectivity index (χ4n) is 2.35. The molecule has 0 unspecified atom stereocenters. The molecule has 0 fully saturated rings. The van der Waals surface area contributed by atoms with Crippen LogP contribution in [0.15, 0.2) is 28.9 Å². The molecule has 1 aliphatic carbocycles. The van der Waals surface area contributed by atoms with Crippen molar-refractivity contribution in [2.75, 3.05) is 5.32 Å². The van der Waals surface area contributed by atoms with Gasteiger partial charge in [-0.3, -0.25) is 0 Å². The highest BCUT2D eigenvalue weighted by Gasteiger charge is 2.19. The molecule has 0 spiro atoms. The molecule has 0 aliphatic heterocycles. The standard InChI is InChI=1S/C14H14N2O3/c17-14(18)11-7-9-3-1-5-12(9)16-13(11)15-8-10-4-2-6-19-10/h2,4,6-7H,1,3,5,8H2,(H,15,16)(H,17,18). The number of carboxylic acids is 1. The molecule has 0 saturated carbocycles. The van der Waals surface area contributed by atoms with E-state index in [0.717, 1.165) is 36.3 Å². The van der Waals surface area contributed by atoms with Crippen molar-refractivity contribution >= 4 is 11.8 Å². The van der Waals surface area contributed by atoms with Crippen LogP contribution in [0.2, 0.25) is 0 Å². The number of furan rings is 1. The van der Waals surface area contributed by atoms with Crippen molar-refractivity contribution in [1.29, 1.82) is 0 Å². The fourth-order valence-corrected chi connectivity index (χ4v) is 2.35. The van der Waals surface area contributed by atoms with E-state index in [9.17, 15) is 9.90 Å². The molecule has 0 bridgehead atoms. The second kappa shape index (κ2) is 4.76. The van der Waals surface area contributed by atoms with E-state index in [1.54, 1.807) is 18.4 Å². The molecule has 2 N–H and O–H groups in total. The molecular weight excluding hydrogens is 244 g/mol. The number of fused-ring (bicyclic) bond motifs is 1. The lowest BCUT2D eigenvalue weighted by Crippen LogP contribution is -2.10. The number of hydrogen-bond donors (Lipinski definition) is 2. The minimum atomic E-state index is -0.954. The first-order valence-electron chi connectivity index (χ1n) is 6.26. The van der Waals surface area contributed by atoms with Crippen LogP contribution in [0, 0.1) is 0 Å². The van der Waals surface area contributed by atoms with Gasteiger partial charge in [0.05, 0.1) is 12.8 Å². The maximum absolute atomic E-state index is 11.3. The third-order valence-electron chi connectivity index (χ3n) is 3.29. The van der Waals surface area contributed by atoms with Crippen LogP contribution in [0.4, 0.5) is 5.82 Å². The number of carbonyl (C=O) groups is 1. The Morgan fingerprint density at radius 2 is 2.37 bits per heavy atom. The molecule has 2 heterocycles. The van der Waals surface area contributed by atoms with E-state index < -0.39 is 5.97 Å². The van der Waals surface area contributed by atoms with Gasteiger partial charge in [0.1, 0.15) is 17.1 Å². The summed E-state index contributed by atoms with van der Waals surface area (Å²) in [6.07, 6.45) is 4.47. The minimum absolute atomic E-state index is 0.229. The van der Waals surface area contributed by atoms with Crippen molar-refractivity contribution in [1.82, 2.24) is 4.98 Å². The second-order valence-corrected chi connectivity index (χ2v) is 4.58. The zero-order valence-electron chi connectivity index (χ0n) is 10.3. The zero-order chi connectivity index (χ0) is 13.2. The Labute approximate surface area is 110 Å². The zero-order valence-corrected chi connectivity index (χ0v) is 10.3. The summed E-state index contributed by atoms with van der Waals surface area (Å²) < 4.78 is 5.21. The van der Waals surface area contributed by atoms with Crippen molar-refractivity contribution in [2.24, 2.45) is 0 Å². The first-order valence-corrected chi connectivity index (χ1v) is 6.26. The van der Waals surface area contributed by atoms with E-state index in [4.69, 9.17) is 4.42 Å². The van der Waals surface area contributed by atoms with Crippen LogP contribution in [-0.4, -0.2) is 16.1 Å². The molecule has 0 atom stereocenters. The SMILES string of the molecule is O=C(O)c1cc2c(nc1NCc1ccco1)CCC2. The molecule has 19 heavy (non-hydrogen) atoms. The topological polar surface area (TPSA) is 75.4 Å². The Bertz CT molecular complexity index is 605. The molecule has 5 nitrogen and oxygen atoms in total. The highest BCUT2D eigenvalue weighted by atomic mass is 16.4. The number of nitrogens with one attached hydrogen (secondary N) is 1. The van der Waals surface area contributed by atoms with Gasteiger partial charge in [-0.2, -0.15) is 0 Å². The summed E-state index contributed by atoms with van der Waals surface area (Å²) in [5.74, 6) is 0.215. The van der Waals surface area contributed by atoms with Gasteiger partial charge in [0.2, 0.25) is 0 Å². The molecule has 0 saturated heterocycles. The lowest BCUT2D eigenvalue weighted by molar-refractivity contribution is 0.0697. The average Bonchev–Trinajstić information content (AvgIpc) is 3.05. The number of hydrogen-bond acceptors (Lipinski definition) is 4. The molecule has 1 aliphatic rings. The molecular formula is C14H14N2O3. The summed E-state index contributed by atoms with van der Waals surface area (Å²) in [6, 6.07) is 5.37. The van der Waals surface area contributed by atoms with Gasteiger partial charge in [-0.1, -0.05) is 0 Å². The van der Waals surface area contributed by atoms with E-state index in [1.165, 1.54) is 0 Å². The Hall–Kier alpha value is -2.30. The van der Waals surface area contributed by atoms with Crippen molar-refractivity contribution in [3.8, 4) is 0 Å². The Morgan fingerprint density at radius 1 is 1.47 bits per heavy atom. The number of aryl methyl sites for hydroxylation is 2. The van der Waals surface area contributed by atoms with E-state index in [-0.39, 0.29) is 5.56 Å². The Balaban J connectivity index is 1.88. The van der Waals surface area contributed by atoms with Gasteiger partial charge in [0.25, 0.3) is 0 Å². The summed E-state index contributed by atoms with van der Waals surface area (Å²) in [7, 11) is 0. The smallest absolute Gasteiger partial charge is 0.339 e. The lowest BCUT2D eigenvalue weighted by Gasteiger charge is -2.10. The molecule has 2 aromatic rings. The number of aromatic nitrogens is 1. The lowest BCUT2D eigenvalue weighted by atomic mass is 10.1. The van der Waals surface area contributed by atoms with Gasteiger partial charge in [0.15, 0.2) is 0 Å². The van der Waals surface area contributed by atoms with Crippen molar-refractivity contribution in [3.63, 3.8) is 0 Å². The maximum atomic E-state index is 11.3. The van der Waals surface area contributed by atoms with Crippen molar-refractivity contribution in [3.05, 3.63) is 47.0 Å². The van der Waals surface area contributed by atoms with Crippen LogP contribution >= 0.6 is 0 Å². The Kier molecular flexibility index (Phi) is 2.95. The third kappa shape index (κ3) is 2.31. The molecule has 3 rings (SSSR count). The van der Waals surface area contributed by atoms with Crippen LogP contribution < -0.4 is 5.32 Å². The van der Waals surface area contributed by atoms with Gasteiger partial charge >= 0.3 is 5.97 Å². The van der Waals surface area contributed by atoms with Crippen molar-refractivity contribution in [2.45, 2.75) is 25.8 Å². The minimum Gasteiger partial charge on any atom is -0.478 e. The molecule has 0 amide bonds. The number of carboxylic acid groups (broad SMARTS) is 1. The van der Waals surface area contributed by atoms with Crippen LogP contribution in [0.5, 0.6) is 0 Å². The molecule has 0 aromatic carbocycles. The first kappa shape index (κ1) is 11.8. The van der Waals surface area contributed by atoms with Gasteiger partial charge in [-0.05, 0) is 43.0 Å². The van der Waals surface area contributed by atoms with Crippen LogP contribution in [0.25, 0.3) is 0 Å². The quantitative estimate of drug-likeness (QED) is 0.881. The summed E-state index contributed by atoms with van der Waals surface area (Å²) in [5, 5.41) is 12.3. The maximum Gasteiger partial charge on any atom is 0.339 e. The normalized spacial score (nSPS) is 13.3. The Morgan fingerprint density at radius 3 is 3.11 bits per heavy atom. The van der Waals surface area contributed by atoms with E-state index in [1.807, 2.05) is 6.07 Å². The second-order valence-electron chi connectivity index (χ2n) is 4.58. The number of aromatic carboxylic acids is 1. The molecule has 0 radical (unpaired) electrons. The predicted molar refractivity (Wildman–Crippen MR) is 69.3 cm³/mol. The van der Waals surface area contributed by atoms with Gasteiger partial charge in [-0.25, -0.2) is 9.78 Å². The summed E-state index contributed by atoms with van der Waals surface area (Å²) in [6.45, 7) is 0.430. The van der Waals surface area contributed by atoms with Crippen molar-refractivity contribution < 1.29 is 14.3 Å². The van der Waals surface area contributed by atoms with Gasteiger partial charge in [-0.15, -0.1) is 0 Å². The monoisotopic (exact) mass is 258 g/mol.